The van der Waals surface area contributed by atoms with Crippen LogP contribution >= 0.6 is 0 Å². The number of anilines is 1. The molecule has 1 aromatic heterocycles. The molecule has 0 aliphatic rings. The van der Waals surface area contributed by atoms with Gasteiger partial charge in [-0.1, -0.05) is 18.2 Å². The van der Waals surface area contributed by atoms with Gasteiger partial charge in [0.05, 0.1) is 37.4 Å². The minimum Gasteiger partial charge on any atom is -0.497 e. The molecule has 0 unspecified atom stereocenters. The monoisotopic (exact) mass is 543 g/mol. The maximum absolute atomic E-state index is 13.7. The van der Waals surface area contributed by atoms with E-state index in [1.807, 2.05) is 67.7 Å². The van der Waals surface area contributed by atoms with Crippen molar-refractivity contribution < 1.29 is 22.6 Å². The molecule has 5 rings (SSSR count). The summed E-state index contributed by atoms with van der Waals surface area (Å²) in [4.78, 5) is 0.163. The van der Waals surface area contributed by atoms with E-state index in [1.54, 1.807) is 57.3 Å². The lowest BCUT2D eigenvalue weighted by atomic mass is 9.96. The van der Waals surface area contributed by atoms with Crippen molar-refractivity contribution in [3.05, 3.63) is 84.9 Å². The number of sulfonamides is 1. The zero-order valence-corrected chi connectivity index (χ0v) is 23.2. The van der Waals surface area contributed by atoms with E-state index >= 15 is 0 Å². The van der Waals surface area contributed by atoms with E-state index in [9.17, 15) is 8.42 Å². The van der Waals surface area contributed by atoms with Crippen molar-refractivity contribution in [2.24, 2.45) is 7.05 Å². The zero-order chi connectivity index (χ0) is 27.7. The van der Waals surface area contributed by atoms with Crippen LogP contribution in [-0.2, 0) is 17.1 Å². The van der Waals surface area contributed by atoms with Crippen LogP contribution in [0.4, 0.5) is 5.69 Å². The molecule has 5 aromatic rings. The van der Waals surface area contributed by atoms with Gasteiger partial charge in [-0.3, -0.25) is 8.99 Å². The Hall–Kier alpha value is -4.50. The van der Waals surface area contributed by atoms with Crippen LogP contribution in [-0.4, -0.2) is 46.6 Å². The zero-order valence-electron chi connectivity index (χ0n) is 22.4. The Morgan fingerprint density at radius 2 is 1.18 bits per heavy atom. The van der Waals surface area contributed by atoms with E-state index in [1.165, 1.54) is 4.31 Å². The lowest BCUT2D eigenvalue weighted by molar-refractivity contribution is 0.414. The first-order chi connectivity index (χ1) is 18.8. The summed E-state index contributed by atoms with van der Waals surface area (Å²) in [6.07, 6.45) is 0. The standard InChI is InChI=1S/C30H29N3O5S/c1-32-30-27(33(2)39(34,35)25-16-14-24(38-5)15-17-25)19-18-26(20-6-10-22(36-3)11-7-20)28(30)29(31-32)21-8-12-23(37-4)13-9-21/h6-19H,1-5H3. The van der Waals surface area contributed by atoms with Crippen molar-refractivity contribution in [3.8, 4) is 39.6 Å². The fourth-order valence-electron chi connectivity index (χ4n) is 4.65. The third-order valence-corrected chi connectivity index (χ3v) is 8.57. The smallest absolute Gasteiger partial charge is 0.264 e. The summed E-state index contributed by atoms with van der Waals surface area (Å²) in [6, 6.07) is 25.5. The fourth-order valence-corrected chi connectivity index (χ4v) is 5.85. The van der Waals surface area contributed by atoms with E-state index in [-0.39, 0.29) is 4.90 Å². The molecule has 8 nitrogen and oxygen atoms in total. The number of ether oxygens (including phenoxy) is 3. The van der Waals surface area contributed by atoms with Crippen LogP contribution in [0.5, 0.6) is 17.2 Å². The molecule has 0 radical (unpaired) electrons. The molecule has 0 bridgehead atoms. The van der Waals surface area contributed by atoms with E-state index in [2.05, 4.69) is 0 Å². The molecule has 9 heteroatoms. The van der Waals surface area contributed by atoms with Crippen LogP contribution < -0.4 is 18.5 Å². The first kappa shape index (κ1) is 26.1. The summed E-state index contributed by atoms with van der Waals surface area (Å²) in [5.41, 5.74) is 4.69. The van der Waals surface area contributed by atoms with E-state index in [0.717, 1.165) is 39.3 Å². The van der Waals surface area contributed by atoms with Crippen molar-refractivity contribution in [1.82, 2.24) is 9.78 Å². The Bertz CT molecular complexity index is 1730. The molecule has 0 spiro atoms. The lowest BCUT2D eigenvalue weighted by Crippen LogP contribution is -2.27. The van der Waals surface area contributed by atoms with Gasteiger partial charge in [-0.15, -0.1) is 0 Å². The highest BCUT2D eigenvalue weighted by Crippen LogP contribution is 2.42. The van der Waals surface area contributed by atoms with Crippen LogP contribution in [0.2, 0.25) is 0 Å². The number of aryl methyl sites for hydroxylation is 1. The van der Waals surface area contributed by atoms with Gasteiger partial charge in [0.1, 0.15) is 22.9 Å². The van der Waals surface area contributed by atoms with Gasteiger partial charge in [-0.25, -0.2) is 8.42 Å². The number of hydrogen-bond donors (Lipinski definition) is 0. The molecule has 0 aliphatic carbocycles. The van der Waals surface area contributed by atoms with Gasteiger partial charge in [0.15, 0.2) is 0 Å². The largest absolute Gasteiger partial charge is 0.497 e. The number of nitrogens with zero attached hydrogens (tertiary/aromatic N) is 3. The highest BCUT2D eigenvalue weighted by molar-refractivity contribution is 7.92. The molecule has 39 heavy (non-hydrogen) atoms. The molecular formula is C30H29N3O5S. The Balaban J connectivity index is 1.73. The first-order valence-corrected chi connectivity index (χ1v) is 13.6. The highest BCUT2D eigenvalue weighted by Gasteiger charge is 2.27. The van der Waals surface area contributed by atoms with Crippen LogP contribution in [0, 0.1) is 0 Å². The Kier molecular flexibility index (Phi) is 6.93. The summed E-state index contributed by atoms with van der Waals surface area (Å²) in [7, 11) is 4.30. The molecule has 0 saturated carbocycles. The molecule has 0 fully saturated rings. The highest BCUT2D eigenvalue weighted by atomic mass is 32.2. The minimum absolute atomic E-state index is 0.163. The average Bonchev–Trinajstić information content (AvgIpc) is 3.33. The second-order valence-corrected chi connectivity index (χ2v) is 10.9. The summed E-state index contributed by atoms with van der Waals surface area (Å²) in [5.74, 6) is 2.07. The Labute approximate surface area is 228 Å². The summed E-state index contributed by atoms with van der Waals surface area (Å²) < 4.78 is 46.3. The van der Waals surface area contributed by atoms with Crippen molar-refractivity contribution in [3.63, 3.8) is 0 Å². The molecular weight excluding hydrogens is 514 g/mol. The third-order valence-electron chi connectivity index (χ3n) is 6.79. The van der Waals surface area contributed by atoms with Gasteiger partial charge in [-0.05, 0) is 77.9 Å². The van der Waals surface area contributed by atoms with Crippen molar-refractivity contribution in [1.29, 1.82) is 0 Å². The Morgan fingerprint density at radius 1 is 0.692 bits per heavy atom. The fraction of sp³-hybridized carbons (Fsp3) is 0.167. The topological polar surface area (TPSA) is 82.9 Å². The van der Waals surface area contributed by atoms with Crippen LogP contribution in [0.15, 0.2) is 89.8 Å². The van der Waals surface area contributed by atoms with E-state index < -0.39 is 10.0 Å². The van der Waals surface area contributed by atoms with Crippen molar-refractivity contribution in [2.75, 3.05) is 32.7 Å². The maximum atomic E-state index is 13.7. The quantitative estimate of drug-likeness (QED) is 0.248. The second-order valence-electron chi connectivity index (χ2n) is 8.93. The number of aromatic nitrogens is 2. The summed E-state index contributed by atoms with van der Waals surface area (Å²) >= 11 is 0. The molecule has 0 aliphatic heterocycles. The molecule has 0 N–H and O–H groups in total. The number of rotatable bonds is 8. The lowest BCUT2D eigenvalue weighted by Gasteiger charge is -2.22. The predicted molar refractivity (Wildman–Crippen MR) is 153 cm³/mol. The number of hydrogen-bond acceptors (Lipinski definition) is 6. The summed E-state index contributed by atoms with van der Waals surface area (Å²) in [5, 5.41) is 5.70. The van der Waals surface area contributed by atoms with E-state index in [0.29, 0.717) is 17.0 Å². The second kappa shape index (κ2) is 10.3. The molecule has 0 atom stereocenters. The van der Waals surface area contributed by atoms with E-state index in [4.69, 9.17) is 19.3 Å². The van der Waals surface area contributed by atoms with Gasteiger partial charge in [0, 0.05) is 25.0 Å². The molecule has 0 amide bonds. The minimum atomic E-state index is -3.87. The van der Waals surface area contributed by atoms with Gasteiger partial charge in [0.2, 0.25) is 0 Å². The van der Waals surface area contributed by atoms with Crippen LogP contribution in [0.3, 0.4) is 0 Å². The summed E-state index contributed by atoms with van der Waals surface area (Å²) in [6.45, 7) is 0. The third kappa shape index (κ3) is 4.66. The van der Waals surface area contributed by atoms with Gasteiger partial charge in [0.25, 0.3) is 10.0 Å². The average molecular weight is 544 g/mol. The maximum Gasteiger partial charge on any atom is 0.264 e. The number of methoxy groups -OCH3 is 3. The molecule has 0 saturated heterocycles. The molecule has 1 heterocycles. The molecule has 200 valence electrons. The molecule has 4 aromatic carbocycles. The van der Waals surface area contributed by atoms with Gasteiger partial charge in [-0.2, -0.15) is 5.10 Å². The normalized spacial score (nSPS) is 11.4. The first-order valence-electron chi connectivity index (χ1n) is 12.2. The van der Waals surface area contributed by atoms with Crippen molar-refractivity contribution in [2.45, 2.75) is 4.90 Å². The van der Waals surface area contributed by atoms with Crippen LogP contribution in [0.25, 0.3) is 33.3 Å². The predicted octanol–water partition coefficient (Wildman–Crippen LogP) is 5.76. The Morgan fingerprint density at radius 3 is 1.69 bits per heavy atom. The van der Waals surface area contributed by atoms with Gasteiger partial charge >= 0.3 is 0 Å². The SMILES string of the molecule is COc1ccc(-c2ccc(N(C)S(=O)(=O)c3ccc(OC)cc3)c3c2c(-c2ccc(OC)cc2)nn3C)cc1. The van der Waals surface area contributed by atoms with Crippen LogP contribution in [0.1, 0.15) is 0 Å². The number of fused-ring (bicyclic) bond motifs is 1. The van der Waals surface area contributed by atoms with Gasteiger partial charge < -0.3 is 14.2 Å². The van der Waals surface area contributed by atoms with Crippen molar-refractivity contribution >= 4 is 26.6 Å². The number of benzene rings is 4.